The van der Waals surface area contributed by atoms with Gasteiger partial charge in [-0.3, -0.25) is 0 Å². The second-order valence-electron chi connectivity index (χ2n) is 4.46. The Bertz CT molecular complexity index is 673. The van der Waals surface area contributed by atoms with Crippen LogP contribution in [0, 0.1) is 0 Å². The molecule has 0 radical (unpaired) electrons. The first-order valence-corrected chi connectivity index (χ1v) is 6.14. The van der Waals surface area contributed by atoms with E-state index in [1.807, 2.05) is 0 Å². The van der Waals surface area contributed by atoms with Gasteiger partial charge in [0.05, 0.1) is 16.1 Å². The lowest BCUT2D eigenvalue weighted by Gasteiger charge is -2.14. The van der Waals surface area contributed by atoms with E-state index in [0.29, 0.717) is 12.1 Å². The molecule has 118 valence electrons. The summed E-state index contributed by atoms with van der Waals surface area (Å²) in [6, 6.07) is 4.60. The Balaban J connectivity index is 2.67. The average molecular weight is 341 g/mol. The second kappa shape index (κ2) is 5.39. The Morgan fingerprint density at radius 2 is 1.23 bits per heavy atom. The quantitative estimate of drug-likeness (QED) is 0.655. The smallest absolute Gasteiger partial charge is 0.416 e. The zero-order chi connectivity index (χ0) is 16.7. The molecule has 0 atom stereocenters. The van der Waals surface area contributed by atoms with Gasteiger partial charge < -0.3 is 5.11 Å². The van der Waals surface area contributed by atoms with Gasteiger partial charge >= 0.3 is 12.4 Å². The van der Waals surface area contributed by atoms with Gasteiger partial charge in [-0.05, 0) is 41.5 Å². The summed E-state index contributed by atoms with van der Waals surface area (Å²) in [6.45, 7) is 0. The number of hydrogen-bond acceptors (Lipinski definition) is 1. The molecule has 0 saturated carbocycles. The van der Waals surface area contributed by atoms with Crippen molar-refractivity contribution in [2.24, 2.45) is 0 Å². The molecule has 0 fully saturated rings. The molecule has 2 aromatic rings. The number of benzene rings is 2. The third kappa shape index (κ3) is 3.47. The fraction of sp³-hybridized carbons (Fsp3) is 0.143. The van der Waals surface area contributed by atoms with Gasteiger partial charge in [0.15, 0.2) is 0 Å². The largest absolute Gasteiger partial charge is 0.506 e. The highest BCUT2D eigenvalue weighted by molar-refractivity contribution is 6.32. The minimum Gasteiger partial charge on any atom is -0.506 e. The van der Waals surface area contributed by atoms with Crippen LogP contribution < -0.4 is 0 Å². The number of phenolic OH excluding ortho intramolecular Hbond substituents is 1. The van der Waals surface area contributed by atoms with E-state index < -0.39 is 29.2 Å². The van der Waals surface area contributed by atoms with Gasteiger partial charge in [-0.15, -0.1) is 0 Å². The van der Waals surface area contributed by atoms with Crippen molar-refractivity contribution < 1.29 is 31.4 Å². The van der Waals surface area contributed by atoms with Crippen LogP contribution >= 0.6 is 11.6 Å². The Hall–Kier alpha value is -1.89. The molecule has 0 unspecified atom stereocenters. The van der Waals surface area contributed by atoms with Crippen LogP contribution in [0.5, 0.6) is 5.75 Å². The van der Waals surface area contributed by atoms with Crippen molar-refractivity contribution in [2.75, 3.05) is 0 Å². The molecule has 0 heterocycles. The van der Waals surface area contributed by atoms with Gasteiger partial charge in [0.25, 0.3) is 0 Å². The van der Waals surface area contributed by atoms with Crippen molar-refractivity contribution >= 4 is 11.6 Å². The number of aromatic hydroxyl groups is 1. The summed E-state index contributed by atoms with van der Waals surface area (Å²) < 4.78 is 76.5. The van der Waals surface area contributed by atoms with Gasteiger partial charge in [0.1, 0.15) is 5.75 Å². The molecule has 1 nitrogen and oxygen atoms in total. The molecule has 22 heavy (non-hydrogen) atoms. The van der Waals surface area contributed by atoms with Crippen LogP contribution in [0.25, 0.3) is 11.1 Å². The normalized spacial score (nSPS) is 12.5. The van der Waals surface area contributed by atoms with Gasteiger partial charge in [0, 0.05) is 0 Å². The zero-order valence-electron chi connectivity index (χ0n) is 10.6. The third-order valence-corrected chi connectivity index (χ3v) is 3.19. The Morgan fingerprint density at radius 1 is 0.727 bits per heavy atom. The first-order valence-electron chi connectivity index (χ1n) is 5.77. The van der Waals surface area contributed by atoms with Crippen LogP contribution in [0.15, 0.2) is 36.4 Å². The predicted molar refractivity (Wildman–Crippen MR) is 68.6 cm³/mol. The second-order valence-corrected chi connectivity index (χ2v) is 4.87. The summed E-state index contributed by atoms with van der Waals surface area (Å²) >= 11 is 5.57. The molecule has 2 aromatic carbocycles. The molecule has 0 aliphatic rings. The van der Waals surface area contributed by atoms with E-state index in [0.717, 1.165) is 6.07 Å². The zero-order valence-corrected chi connectivity index (χ0v) is 11.3. The highest BCUT2D eigenvalue weighted by Gasteiger charge is 2.37. The SMILES string of the molecule is Oc1cc(-c2cc(C(F)(F)F)cc(C(F)(F)F)c2)ccc1Cl. The summed E-state index contributed by atoms with van der Waals surface area (Å²) in [5.74, 6) is -0.440. The highest BCUT2D eigenvalue weighted by Crippen LogP contribution is 2.39. The Kier molecular flexibility index (Phi) is 4.04. The van der Waals surface area contributed by atoms with Gasteiger partial charge in [-0.1, -0.05) is 17.7 Å². The van der Waals surface area contributed by atoms with Crippen LogP contribution in [0.4, 0.5) is 26.3 Å². The molecular formula is C14H7ClF6O. The summed E-state index contributed by atoms with van der Waals surface area (Å²) in [4.78, 5) is 0. The lowest BCUT2D eigenvalue weighted by molar-refractivity contribution is -0.143. The Labute approximate surface area is 125 Å². The fourth-order valence-electron chi connectivity index (χ4n) is 1.81. The third-order valence-electron chi connectivity index (χ3n) is 2.87. The van der Waals surface area contributed by atoms with E-state index in [1.165, 1.54) is 12.1 Å². The average Bonchev–Trinajstić information content (AvgIpc) is 2.39. The summed E-state index contributed by atoms with van der Waals surface area (Å²) in [5.41, 5.74) is -3.19. The highest BCUT2D eigenvalue weighted by atomic mass is 35.5. The van der Waals surface area contributed by atoms with Crippen LogP contribution in [0.3, 0.4) is 0 Å². The van der Waals surface area contributed by atoms with Gasteiger partial charge in [0.2, 0.25) is 0 Å². The number of alkyl halides is 6. The van der Waals surface area contributed by atoms with Crippen LogP contribution in [0.2, 0.25) is 5.02 Å². The monoisotopic (exact) mass is 340 g/mol. The van der Waals surface area contributed by atoms with Crippen molar-refractivity contribution in [1.29, 1.82) is 0 Å². The predicted octanol–water partition coefficient (Wildman–Crippen LogP) is 5.75. The minimum absolute atomic E-state index is 0.0153. The molecule has 8 heteroatoms. The van der Waals surface area contributed by atoms with E-state index in [1.54, 1.807) is 0 Å². The van der Waals surface area contributed by atoms with Crippen molar-refractivity contribution in [3.63, 3.8) is 0 Å². The molecule has 0 amide bonds. The molecule has 0 bridgehead atoms. The maximum Gasteiger partial charge on any atom is 0.416 e. The van der Waals surface area contributed by atoms with Crippen LogP contribution in [0.1, 0.15) is 11.1 Å². The van der Waals surface area contributed by atoms with Crippen molar-refractivity contribution in [1.82, 2.24) is 0 Å². The Morgan fingerprint density at radius 3 is 1.64 bits per heavy atom. The molecule has 1 N–H and O–H groups in total. The van der Waals surface area contributed by atoms with Gasteiger partial charge in [-0.25, -0.2) is 0 Å². The maximum absolute atomic E-state index is 12.8. The van der Waals surface area contributed by atoms with E-state index >= 15 is 0 Å². The molecule has 0 saturated heterocycles. The molecule has 0 spiro atoms. The summed E-state index contributed by atoms with van der Waals surface area (Å²) in [6.07, 6.45) is -9.85. The molecular weight excluding hydrogens is 334 g/mol. The number of halogens is 7. The van der Waals surface area contributed by atoms with E-state index in [9.17, 15) is 31.4 Å². The topological polar surface area (TPSA) is 20.2 Å². The van der Waals surface area contributed by atoms with Crippen LogP contribution in [-0.2, 0) is 12.4 Å². The summed E-state index contributed by atoms with van der Waals surface area (Å²) in [7, 11) is 0. The number of hydrogen-bond donors (Lipinski definition) is 1. The molecule has 2 rings (SSSR count). The van der Waals surface area contributed by atoms with Crippen LogP contribution in [-0.4, -0.2) is 5.11 Å². The first-order chi connectivity index (χ1) is 9.98. The van der Waals surface area contributed by atoms with E-state index in [-0.39, 0.29) is 22.2 Å². The van der Waals surface area contributed by atoms with Crippen molar-refractivity contribution in [3.05, 3.63) is 52.5 Å². The standard InChI is InChI=1S/C14H7ClF6O/c15-11-2-1-7(5-12(11)22)8-3-9(13(16,17)18)6-10(4-8)14(19,20)21/h1-6,22H. The van der Waals surface area contributed by atoms with E-state index in [4.69, 9.17) is 11.6 Å². The molecule has 0 aliphatic heterocycles. The van der Waals surface area contributed by atoms with Crippen molar-refractivity contribution in [2.45, 2.75) is 12.4 Å². The number of phenols is 1. The summed E-state index contributed by atoms with van der Waals surface area (Å²) in [5, 5.41) is 9.38. The minimum atomic E-state index is -4.93. The first kappa shape index (κ1) is 16.5. The fourth-order valence-corrected chi connectivity index (χ4v) is 1.93. The van der Waals surface area contributed by atoms with Crippen molar-refractivity contribution in [3.8, 4) is 16.9 Å². The molecule has 0 aliphatic carbocycles. The lowest BCUT2D eigenvalue weighted by atomic mass is 9.99. The maximum atomic E-state index is 12.8. The number of rotatable bonds is 1. The van der Waals surface area contributed by atoms with Gasteiger partial charge in [-0.2, -0.15) is 26.3 Å². The molecule has 0 aromatic heterocycles. The lowest BCUT2D eigenvalue weighted by Crippen LogP contribution is -2.11. The van der Waals surface area contributed by atoms with E-state index in [2.05, 4.69) is 0 Å².